The summed E-state index contributed by atoms with van der Waals surface area (Å²) in [6, 6.07) is 20.6. The summed E-state index contributed by atoms with van der Waals surface area (Å²) in [5.41, 5.74) is 6.47. The van der Waals surface area contributed by atoms with Crippen molar-refractivity contribution in [3.05, 3.63) is 115 Å². The summed E-state index contributed by atoms with van der Waals surface area (Å²) >= 11 is 0. The molecule has 157 valence electrons. The van der Waals surface area contributed by atoms with Gasteiger partial charge in [-0.25, -0.2) is 0 Å². The summed E-state index contributed by atoms with van der Waals surface area (Å²) in [4.78, 5) is 4.62. The fourth-order valence-corrected chi connectivity index (χ4v) is 3.24. The molecule has 2 aromatic carbocycles. The van der Waals surface area contributed by atoms with E-state index in [0.717, 1.165) is 17.1 Å². The summed E-state index contributed by atoms with van der Waals surface area (Å²) in [6.07, 6.45) is 1.85. The van der Waals surface area contributed by atoms with Gasteiger partial charge in [0.15, 0.2) is 0 Å². The van der Waals surface area contributed by atoms with Crippen LogP contribution in [0.3, 0.4) is 0 Å². The van der Waals surface area contributed by atoms with E-state index in [1.165, 1.54) is 16.7 Å². The van der Waals surface area contributed by atoms with Crippen LogP contribution in [0.4, 0.5) is 11.4 Å². The molecule has 30 heavy (non-hydrogen) atoms. The van der Waals surface area contributed by atoms with Gasteiger partial charge in [-0.3, -0.25) is 4.98 Å². The van der Waals surface area contributed by atoms with Crippen molar-refractivity contribution in [1.29, 1.82) is 0 Å². The summed E-state index contributed by atoms with van der Waals surface area (Å²) in [7, 11) is 0. The van der Waals surface area contributed by atoms with Gasteiger partial charge in [-0.15, -0.1) is 24.5 Å². The Labute approximate surface area is 202 Å². The Hall–Kier alpha value is -1.93. The van der Waals surface area contributed by atoms with Crippen LogP contribution in [0, 0.1) is 35.6 Å². The second kappa shape index (κ2) is 12.7. The first-order valence-corrected chi connectivity index (χ1v) is 9.38. The van der Waals surface area contributed by atoms with Crippen LogP contribution in [0.25, 0.3) is 10.6 Å². The normalized spacial score (nSPS) is 11.7. The zero-order valence-electron chi connectivity index (χ0n) is 19.1. The molecule has 0 unspecified atom stereocenters. The number of rotatable bonds is 7. The topological polar surface area (TPSA) is 41.1 Å². The van der Waals surface area contributed by atoms with Crippen LogP contribution in [0.1, 0.15) is 29.3 Å². The van der Waals surface area contributed by atoms with Crippen molar-refractivity contribution in [2.45, 2.75) is 33.1 Å². The van der Waals surface area contributed by atoms with E-state index in [0.29, 0.717) is 13.1 Å². The van der Waals surface area contributed by atoms with Crippen LogP contribution in [-0.2, 0) is 31.6 Å². The van der Waals surface area contributed by atoms with Crippen molar-refractivity contribution in [1.82, 2.24) is 4.98 Å². The Kier molecular flexibility index (Phi) is 11.9. The largest absolute Gasteiger partial charge is 3.00 e. The molecule has 1 radical (unpaired) electrons. The van der Waals surface area contributed by atoms with Crippen LogP contribution in [0.2, 0.25) is 0 Å². The fourth-order valence-electron chi connectivity index (χ4n) is 3.24. The number of benzene rings is 2. The van der Waals surface area contributed by atoms with Crippen molar-refractivity contribution in [3.8, 4) is 0 Å². The van der Waals surface area contributed by atoms with Gasteiger partial charge in [0, 0.05) is 11.9 Å². The van der Waals surface area contributed by atoms with Gasteiger partial charge in [-0.05, 0) is 38.3 Å². The molecule has 1 heterocycles. The molecule has 0 amide bonds. The van der Waals surface area contributed by atoms with E-state index < -0.39 is 0 Å². The molecular weight excluding hydrogens is 446 g/mol. The average molecular weight is 479 g/mol. The monoisotopic (exact) mass is 477 g/mol. The van der Waals surface area contributed by atoms with Gasteiger partial charge in [0.1, 0.15) is 0 Å². The molecule has 1 atom stereocenters. The minimum absolute atomic E-state index is 0. The van der Waals surface area contributed by atoms with Crippen molar-refractivity contribution >= 4 is 11.4 Å². The molecule has 3 aromatic rings. The van der Waals surface area contributed by atoms with Crippen LogP contribution in [0.5, 0.6) is 0 Å². The molecule has 0 aliphatic carbocycles. The molecule has 0 bridgehead atoms. The number of hydrogen-bond acceptors (Lipinski definition) is 1. The molecule has 1 aromatic heterocycles. The molecule has 0 saturated carbocycles. The zero-order chi connectivity index (χ0) is 19.3. The van der Waals surface area contributed by atoms with E-state index in [-0.39, 0.29) is 46.5 Å². The molecular formula is C26H33N3Zr-. The number of nitrogens with zero attached hydrogens (tertiary/aromatic N) is 3. The maximum atomic E-state index is 4.99. The van der Waals surface area contributed by atoms with E-state index in [1.54, 1.807) is 0 Å². The Balaban J connectivity index is 0.00000280. The van der Waals surface area contributed by atoms with Gasteiger partial charge >= 0.3 is 26.2 Å². The number of hydrogen-bond donors (Lipinski definition) is 0. The standard InChI is InChI=1S/C24H27N3.2CH3.Zr/c1-18-10-5-6-13-21(18)26-16-24(4,22-14-7-8-15-25-22)17-27-23-19(2)11-9-12-20(23)3;;;/h5-15H,16-17H2,1-4H3;2*1H3;/q-2;2*-1;+3/t24-;;;/m1.../s1. The van der Waals surface area contributed by atoms with E-state index in [9.17, 15) is 0 Å². The predicted molar refractivity (Wildman–Crippen MR) is 127 cm³/mol. The quantitative estimate of drug-likeness (QED) is 0.323. The first-order chi connectivity index (χ1) is 13.0. The number of pyridine rings is 1. The van der Waals surface area contributed by atoms with Gasteiger partial charge < -0.3 is 25.5 Å². The second-order valence-electron chi connectivity index (χ2n) is 7.43. The molecule has 3 nitrogen and oxygen atoms in total. The SMILES string of the molecule is Cc1ccccc1[N-]C[C@](C)(C[N-]c1c(C)cccc1C)c1ccccn1.[CH3-].[CH3-].[Zr+3]. The number of aryl methyl sites for hydroxylation is 3. The van der Waals surface area contributed by atoms with Gasteiger partial charge in [-0.1, -0.05) is 72.1 Å². The first-order valence-electron chi connectivity index (χ1n) is 9.38. The first kappa shape index (κ1) is 28.1. The van der Waals surface area contributed by atoms with E-state index in [2.05, 4.69) is 69.1 Å². The maximum Gasteiger partial charge on any atom is 3.00 e. The van der Waals surface area contributed by atoms with Gasteiger partial charge in [0.05, 0.1) is 0 Å². The molecule has 0 saturated heterocycles. The van der Waals surface area contributed by atoms with E-state index >= 15 is 0 Å². The Morgan fingerprint density at radius 3 is 1.90 bits per heavy atom. The minimum atomic E-state index is -0.266. The summed E-state index contributed by atoms with van der Waals surface area (Å²) in [6.45, 7) is 9.81. The molecule has 0 fully saturated rings. The molecule has 3 rings (SSSR count). The molecule has 0 N–H and O–H groups in total. The average Bonchev–Trinajstić information content (AvgIpc) is 2.68. The van der Waals surface area contributed by atoms with Gasteiger partial charge in [0.2, 0.25) is 0 Å². The van der Waals surface area contributed by atoms with Crippen molar-refractivity contribution in [3.63, 3.8) is 0 Å². The van der Waals surface area contributed by atoms with Crippen LogP contribution >= 0.6 is 0 Å². The third-order valence-corrected chi connectivity index (χ3v) is 5.02. The van der Waals surface area contributed by atoms with Crippen molar-refractivity contribution < 1.29 is 26.2 Å². The molecule has 0 spiro atoms. The van der Waals surface area contributed by atoms with E-state index in [4.69, 9.17) is 10.6 Å². The van der Waals surface area contributed by atoms with Crippen molar-refractivity contribution in [2.24, 2.45) is 0 Å². The van der Waals surface area contributed by atoms with E-state index in [1.807, 2.05) is 30.5 Å². The van der Waals surface area contributed by atoms with Gasteiger partial charge in [-0.2, -0.15) is 0 Å². The molecule has 0 aliphatic rings. The third-order valence-electron chi connectivity index (χ3n) is 5.02. The van der Waals surface area contributed by atoms with Crippen LogP contribution in [0.15, 0.2) is 66.9 Å². The van der Waals surface area contributed by atoms with Crippen molar-refractivity contribution in [2.75, 3.05) is 13.1 Å². The number of para-hydroxylation sites is 2. The Bertz CT molecular complexity index is 876. The Morgan fingerprint density at radius 1 is 0.733 bits per heavy atom. The molecule has 4 heteroatoms. The van der Waals surface area contributed by atoms with Crippen LogP contribution in [-0.4, -0.2) is 18.1 Å². The number of aromatic nitrogens is 1. The minimum Gasteiger partial charge on any atom is -0.683 e. The predicted octanol–water partition coefficient (Wildman–Crippen LogP) is 7.57. The third kappa shape index (κ3) is 6.81. The van der Waals surface area contributed by atoms with Crippen LogP contribution < -0.4 is 0 Å². The smallest absolute Gasteiger partial charge is 0.683 e. The zero-order valence-corrected chi connectivity index (χ0v) is 21.6. The fraction of sp³-hybridized carbons (Fsp3) is 0.269. The Morgan fingerprint density at radius 2 is 1.30 bits per heavy atom. The summed E-state index contributed by atoms with van der Waals surface area (Å²) in [5, 5.41) is 9.90. The maximum absolute atomic E-state index is 4.99. The molecule has 0 aliphatic heterocycles. The summed E-state index contributed by atoms with van der Waals surface area (Å²) < 4.78 is 0. The summed E-state index contributed by atoms with van der Waals surface area (Å²) in [5.74, 6) is 0. The van der Waals surface area contributed by atoms with Gasteiger partial charge in [0.25, 0.3) is 0 Å². The second-order valence-corrected chi connectivity index (χ2v) is 7.43.